The smallest absolute Gasteiger partial charge is 0.243 e. The van der Waals surface area contributed by atoms with E-state index in [1.54, 1.807) is 0 Å². The van der Waals surface area contributed by atoms with Gasteiger partial charge in [-0.15, -0.1) is 5.10 Å². The predicted octanol–water partition coefficient (Wildman–Crippen LogP) is 1.72. The number of hydrogen-bond acceptors (Lipinski definition) is 5. The number of nitrogens with zero attached hydrogens (tertiary/aromatic N) is 3. The molecule has 110 valence electrons. The Balaban J connectivity index is 2.09. The van der Waals surface area contributed by atoms with E-state index in [-0.39, 0.29) is 11.9 Å². The summed E-state index contributed by atoms with van der Waals surface area (Å²) in [6.07, 6.45) is 6.29. The van der Waals surface area contributed by atoms with Crippen molar-refractivity contribution in [1.29, 1.82) is 0 Å². The standard InChI is InChI=1S/C14H23N5O/c1-9-10(2)18-19-14(16-9)17-12(8-13(15)20)11-6-4-3-5-7-11/h11-12H,3-8H2,1-2H3,(H2,15,20)(H,16,17,19)/t12-/m0/s1. The summed E-state index contributed by atoms with van der Waals surface area (Å²) in [4.78, 5) is 15.7. The van der Waals surface area contributed by atoms with E-state index in [1.807, 2.05) is 13.8 Å². The fourth-order valence-corrected chi connectivity index (χ4v) is 2.77. The van der Waals surface area contributed by atoms with E-state index in [1.165, 1.54) is 19.3 Å². The van der Waals surface area contributed by atoms with Crippen molar-refractivity contribution in [3.8, 4) is 0 Å². The monoisotopic (exact) mass is 277 g/mol. The molecule has 1 amide bonds. The van der Waals surface area contributed by atoms with E-state index in [4.69, 9.17) is 5.73 Å². The minimum absolute atomic E-state index is 0.0108. The maximum atomic E-state index is 11.3. The van der Waals surface area contributed by atoms with Crippen LogP contribution in [0.3, 0.4) is 0 Å². The number of nitrogens with one attached hydrogen (secondary N) is 1. The Labute approximate surface area is 119 Å². The molecule has 0 radical (unpaired) electrons. The number of aryl methyl sites for hydroxylation is 2. The lowest BCUT2D eigenvalue weighted by Crippen LogP contribution is -2.35. The Bertz CT molecular complexity index is 471. The van der Waals surface area contributed by atoms with Gasteiger partial charge in [0.05, 0.1) is 11.4 Å². The predicted molar refractivity (Wildman–Crippen MR) is 77.1 cm³/mol. The number of carbonyl (C=O) groups excluding carboxylic acids is 1. The minimum Gasteiger partial charge on any atom is -0.370 e. The van der Waals surface area contributed by atoms with Gasteiger partial charge in [-0.1, -0.05) is 19.3 Å². The number of aromatic nitrogens is 3. The van der Waals surface area contributed by atoms with Crippen LogP contribution >= 0.6 is 0 Å². The summed E-state index contributed by atoms with van der Waals surface area (Å²) in [5.41, 5.74) is 7.04. The Morgan fingerprint density at radius 1 is 1.25 bits per heavy atom. The highest BCUT2D eigenvalue weighted by Gasteiger charge is 2.25. The maximum absolute atomic E-state index is 11.3. The van der Waals surface area contributed by atoms with Crippen LogP contribution in [0.2, 0.25) is 0 Å². The molecule has 0 bridgehead atoms. The van der Waals surface area contributed by atoms with Gasteiger partial charge in [0, 0.05) is 12.5 Å². The molecule has 3 N–H and O–H groups in total. The van der Waals surface area contributed by atoms with Gasteiger partial charge in [0.25, 0.3) is 0 Å². The molecule has 20 heavy (non-hydrogen) atoms. The quantitative estimate of drug-likeness (QED) is 0.854. The van der Waals surface area contributed by atoms with Gasteiger partial charge in [0.2, 0.25) is 11.9 Å². The van der Waals surface area contributed by atoms with Gasteiger partial charge < -0.3 is 11.1 Å². The molecule has 0 aliphatic heterocycles. The van der Waals surface area contributed by atoms with Crippen molar-refractivity contribution in [2.75, 3.05) is 5.32 Å². The maximum Gasteiger partial charge on any atom is 0.243 e. The molecule has 6 nitrogen and oxygen atoms in total. The molecule has 0 spiro atoms. The number of carbonyl (C=O) groups is 1. The van der Waals surface area contributed by atoms with Crippen molar-refractivity contribution in [3.05, 3.63) is 11.4 Å². The summed E-state index contributed by atoms with van der Waals surface area (Å²) >= 11 is 0. The molecule has 1 saturated carbocycles. The summed E-state index contributed by atoms with van der Waals surface area (Å²) in [6, 6.07) is 0.0108. The van der Waals surface area contributed by atoms with Crippen molar-refractivity contribution in [3.63, 3.8) is 0 Å². The van der Waals surface area contributed by atoms with Crippen molar-refractivity contribution >= 4 is 11.9 Å². The lowest BCUT2D eigenvalue weighted by Gasteiger charge is -2.30. The Morgan fingerprint density at radius 3 is 2.55 bits per heavy atom. The summed E-state index contributed by atoms with van der Waals surface area (Å²) in [7, 11) is 0. The fourth-order valence-electron chi connectivity index (χ4n) is 2.77. The number of primary amides is 1. The first kappa shape index (κ1) is 14.7. The molecule has 0 unspecified atom stereocenters. The molecule has 0 aromatic carbocycles. The van der Waals surface area contributed by atoms with Crippen LogP contribution in [-0.4, -0.2) is 27.1 Å². The minimum atomic E-state index is -0.287. The number of amides is 1. The van der Waals surface area contributed by atoms with Crippen molar-refractivity contribution < 1.29 is 4.79 Å². The zero-order chi connectivity index (χ0) is 14.5. The first-order valence-corrected chi connectivity index (χ1v) is 7.29. The fraction of sp³-hybridized carbons (Fsp3) is 0.714. The Kier molecular flexibility index (Phi) is 4.87. The summed E-state index contributed by atoms with van der Waals surface area (Å²) < 4.78 is 0. The topological polar surface area (TPSA) is 93.8 Å². The zero-order valence-electron chi connectivity index (χ0n) is 12.2. The number of nitrogens with two attached hydrogens (primary N) is 1. The molecule has 1 atom stereocenters. The van der Waals surface area contributed by atoms with Crippen LogP contribution in [0.25, 0.3) is 0 Å². The van der Waals surface area contributed by atoms with Crippen LogP contribution in [0.15, 0.2) is 0 Å². The molecule has 1 fully saturated rings. The highest BCUT2D eigenvalue weighted by atomic mass is 16.1. The number of anilines is 1. The highest BCUT2D eigenvalue weighted by molar-refractivity contribution is 5.74. The summed E-state index contributed by atoms with van der Waals surface area (Å²) in [5.74, 6) is 0.663. The Hall–Kier alpha value is -1.72. The average Bonchev–Trinajstić information content (AvgIpc) is 2.43. The molecular formula is C14H23N5O. The van der Waals surface area contributed by atoms with E-state index in [0.717, 1.165) is 24.2 Å². The number of rotatable bonds is 5. The largest absolute Gasteiger partial charge is 0.370 e. The van der Waals surface area contributed by atoms with Gasteiger partial charge in [-0.05, 0) is 32.6 Å². The van der Waals surface area contributed by atoms with E-state index in [9.17, 15) is 4.79 Å². The van der Waals surface area contributed by atoms with Crippen LogP contribution < -0.4 is 11.1 Å². The molecule has 1 aliphatic rings. The molecule has 2 rings (SSSR count). The molecule has 1 aromatic rings. The second-order valence-corrected chi connectivity index (χ2v) is 5.63. The lowest BCUT2D eigenvalue weighted by atomic mass is 9.82. The normalized spacial score (nSPS) is 17.7. The van der Waals surface area contributed by atoms with Crippen molar-refractivity contribution in [1.82, 2.24) is 15.2 Å². The van der Waals surface area contributed by atoms with Gasteiger partial charge in [0.1, 0.15) is 0 Å². The van der Waals surface area contributed by atoms with Gasteiger partial charge in [-0.25, -0.2) is 4.98 Å². The summed E-state index contributed by atoms with van der Waals surface area (Å²) in [6.45, 7) is 3.78. The Morgan fingerprint density at radius 2 is 1.95 bits per heavy atom. The average molecular weight is 277 g/mol. The molecule has 0 saturated heterocycles. The van der Waals surface area contributed by atoms with Crippen LogP contribution in [0.4, 0.5) is 5.95 Å². The van der Waals surface area contributed by atoms with E-state index >= 15 is 0 Å². The van der Waals surface area contributed by atoms with Gasteiger partial charge in [-0.3, -0.25) is 4.79 Å². The molecular weight excluding hydrogens is 254 g/mol. The van der Waals surface area contributed by atoms with Crippen LogP contribution in [0, 0.1) is 19.8 Å². The molecule has 1 aliphatic carbocycles. The van der Waals surface area contributed by atoms with Gasteiger partial charge in [0.15, 0.2) is 0 Å². The first-order valence-electron chi connectivity index (χ1n) is 7.29. The van der Waals surface area contributed by atoms with Crippen LogP contribution in [0.5, 0.6) is 0 Å². The SMILES string of the molecule is Cc1nnc(N[C@@H](CC(N)=O)C2CCCCC2)nc1C. The third-order valence-electron chi connectivity index (χ3n) is 4.05. The van der Waals surface area contributed by atoms with Crippen LogP contribution in [-0.2, 0) is 4.79 Å². The third kappa shape index (κ3) is 3.88. The zero-order valence-corrected chi connectivity index (χ0v) is 12.2. The second-order valence-electron chi connectivity index (χ2n) is 5.63. The second kappa shape index (κ2) is 6.63. The van der Waals surface area contributed by atoms with Crippen molar-refractivity contribution in [2.45, 2.75) is 58.4 Å². The van der Waals surface area contributed by atoms with Crippen molar-refractivity contribution in [2.24, 2.45) is 11.7 Å². The third-order valence-corrected chi connectivity index (χ3v) is 4.05. The summed E-state index contributed by atoms with van der Waals surface area (Å²) in [5, 5.41) is 11.4. The van der Waals surface area contributed by atoms with Gasteiger partial charge in [-0.2, -0.15) is 5.10 Å². The van der Waals surface area contributed by atoms with E-state index < -0.39 is 0 Å². The highest BCUT2D eigenvalue weighted by Crippen LogP contribution is 2.29. The number of hydrogen-bond donors (Lipinski definition) is 2. The lowest BCUT2D eigenvalue weighted by molar-refractivity contribution is -0.118. The van der Waals surface area contributed by atoms with Crippen LogP contribution in [0.1, 0.15) is 49.9 Å². The van der Waals surface area contributed by atoms with E-state index in [2.05, 4.69) is 20.5 Å². The first-order chi connectivity index (χ1) is 9.56. The molecule has 6 heteroatoms. The van der Waals surface area contributed by atoms with Gasteiger partial charge >= 0.3 is 0 Å². The van der Waals surface area contributed by atoms with E-state index in [0.29, 0.717) is 18.3 Å². The molecule has 1 aromatic heterocycles. The molecule has 1 heterocycles.